The summed E-state index contributed by atoms with van der Waals surface area (Å²) in [6.07, 6.45) is -0.180. The second-order valence-electron chi connectivity index (χ2n) is 5.70. The van der Waals surface area contributed by atoms with E-state index in [2.05, 4.69) is 4.98 Å². The Morgan fingerprint density at radius 1 is 1.57 bits per heavy atom. The van der Waals surface area contributed by atoms with E-state index in [4.69, 9.17) is 14.8 Å². The van der Waals surface area contributed by atoms with E-state index in [1.807, 2.05) is 6.07 Å². The lowest BCUT2D eigenvalue weighted by Crippen LogP contribution is -2.36. The lowest BCUT2D eigenvalue weighted by Gasteiger charge is -2.26. The number of aromatic nitrogens is 1. The largest absolute Gasteiger partial charge is 0.442 e. The minimum atomic E-state index is -1.10. The Bertz CT molecular complexity index is 559. The highest BCUT2D eigenvalue weighted by Crippen LogP contribution is 2.33. The van der Waals surface area contributed by atoms with Crippen LogP contribution in [0.5, 0.6) is 0 Å². The highest BCUT2D eigenvalue weighted by atomic mass is 16.8. The van der Waals surface area contributed by atoms with E-state index in [0.29, 0.717) is 11.3 Å². The topological polar surface area (TPSA) is 95.7 Å². The normalized spacial score (nSPS) is 22.0. The highest BCUT2D eigenvalue weighted by molar-refractivity contribution is 5.67. The van der Waals surface area contributed by atoms with Crippen molar-refractivity contribution < 1.29 is 19.5 Å². The number of aliphatic hydroxyl groups excluding tert-OH is 1. The van der Waals surface area contributed by atoms with E-state index in [-0.39, 0.29) is 6.42 Å². The molecule has 0 aromatic carbocycles. The van der Waals surface area contributed by atoms with Gasteiger partial charge in [0.1, 0.15) is 17.7 Å². The quantitative estimate of drug-likeness (QED) is 0.848. The minimum absolute atomic E-state index is 0.193. The van der Waals surface area contributed by atoms with Crippen molar-refractivity contribution in [2.75, 3.05) is 0 Å². The van der Waals surface area contributed by atoms with Crippen LogP contribution in [0, 0.1) is 11.3 Å². The van der Waals surface area contributed by atoms with Crippen LogP contribution >= 0.6 is 0 Å². The zero-order valence-electron chi connectivity index (χ0n) is 12.1. The number of aliphatic hydroxyl groups is 1. The molecule has 1 fully saturated rings. The predicted molar refractivity (Wildman–Crippen MR) is 71.5 cm³/mol. The maximum atomic E-state index is 12.1. The number of hydrogen-bond acceptors (Lipinski definition) is 6. The van der Waals surface area contributed by atoms with Crippen LogP contribution in [0.2, 0.25) is 0 Å². The fourth-order valence-corrected chi connectivity index (χ4v) is 1.92. The van der Waals surface area contributed by atoms with Crippen LogP contribution in [0.25, 0.3) is 0 Å². The zero-order valence-corrected chi connectivity index (χ0v) is 12.1. The van der Waals surface area contributed by atoms with Crippen molar-refractivity contribution in [3.63, 3.8) is 0 Å². The van der Waals surface area contributed by atoms with E-state index in [9.17, 15) is 9.90 Å². The van der Waals surface area contributed by atoms with Gasteiger partial charge in [-0.3, -0.25) is 4.98 Å². The summed E-state index contributed by atoms with van der Waals surface area (Å²) in [4.78, 5) is 21.3. The van der Waals surface area contributed by atoms with E-state index in [1.165, 1.54) is 6.20 Å². The zero-order chi connectivity index (χ0) is 15.6. The molecule has 21 heavy (non-hydrogen) atoms. The van der Waals surface area contributed by atoms with Crippen LogP contribution in [0.1, 0.15) is 44.5 Å². The fourth-order valence-electron chi connectivity index (χ4n) is 1.92. The van der Waals surface area contributed by atoms with Crippen LogP contribution in [0.3, 0.4) is 0 Å². The molecule has 0 aliphatic carbocycles. The summed E-state index contributed by atoms with van der Waals surface area (Å²) in [6.45, 7) is 5.23. The summed E-state index contributed by atoms with van der Waals surface area (Å²) in [7, 11) is 0. The first-order valence-electron chi connectivity index (χ1n) is 6.53. The summed E-state index contributed by atoms with van der Waals surface area (Å²) in [5, 5.41) is 19.4. The number of rotatable bonds is 1. The molecule has 0 saturated carbocycles. The summed E-state index contributed by atoms with van der Waals surface area (Å²) in [6, 6.07) is 4.64. The molecule has 1 aliphatic heterocycles. The van der Waals surface area contributed by atoms with Gasteiger partial charge in [0.2, 0.25) is 0 Å². The molecule has 1 aliphatic rings. The number of pyridine rings is 1. The molecule has 1 amide bonds. The van der Waals surface area contributed by atoms with Crippen LogP contribution < -0.4 is 0 Å². The first-order valence-corrected chi connectivity index (χ1v) is 6.53. The molecule has 1 aromatic heterocycles. The Morgan fingerprint density at radius 2 is 2.29 bits per heavy atom. The summed E-state index contributed by atoms with van der Waals surface area (Å²) >= 11 is 0. The molecule has 0 bridgehead atoms. The number of nitrogens with zero attached hydrogens (tertiary/aromatic N) is 3. The Morgan fingerprint density at radius 3 is 2.81 bits per heavy atom. The molecule has 2 atom stereocenters. The van der Waals surface area contributed by atoms with E-state index in [1.54, 1.807) is 32.9 Å². The van der Waals surface area contributed by atoms with Crippen molar-refractivity contribution >= 4 is 6.09 Å². The smallest absolute Gasteiger partial charge is 0.435 e. The first-order chi connectivity index (χ1) is 9.80. The Labute approximate surface area is 122 Å². The lowest BCUT2D eigenvalue weighted by atomic mass is 10.1. The molecule has 2 rings (SSSR count). The van der Waals surface area contributed by atoms with Crippen LogP contribution in [-0.2, 0) is 9.57 Å². The average molecular weight is 291 g/mol. The van der Waals surface area contributed by atoms with Gasteiger partial charge in [0.15, 0.2) is 6.29 Å². The predicted octanol–water partition coefficient (Wildman–Crippen LogP) is 1.89. The number of carbonyl (C=O) groups is 1. The van der Waals surface area contributed by atoms with Gasteiger partial charge >= 0.3 is 6.09 Å². The molecule has 2 heterocycles. The molecule has 0 radical (unpaired) electrons. The molecule has 112 valence electrons. The SMILES string of the molecule is CC(C)(C)OC(=O)N1OC(O)C[C@H]1c1ccc(C#N)cn1. The molecule has 1 aromatic rings. The van der Waals surface area contributed by atoms with Crippen molar-refractivity contribution in [1.82, 2.24) is 10.0 Å². The van der Waals surface area contributed by atoms with Gasteiger partial charge < -0.3 is 9.84 Å². The van der Waals surface area contributed by atoms with Crippen molar-refractivity contribution in [1.29, 1.82) is 5.26 Å². The number of amides is 1. The molecular weight excluding hydrogens is 274 g/mol. The molecule has 1 saturated heterocycles. The third-order valence-electron chi connectivity index (χ3n) is 2.77. The molecule has 1 unspecified atom stereocenters. The number of hydrogen-bond donors (Lipinski definition) is 1. The number of carbonyl (C=O) groups excluding carboxylic acids is 1. The summed E-state index contributed by atoms with van der Waals surface area (Å²) in [5.74, 6) is 0. The van der Waals surface area contributed by atoms with Gasteiger partial charge in [-0.1, -0.05) is 0 Å². The maximum absolute atomic E-state index is 12.1. The summed E-state index contributed by atoms with van der Waals surface area (Å²) < 4.78 is 5.24. The van der Waals surface area contributed by atoms with E-state index >= 15 is 0 Å². The van der Waals surface area contributed by atoms with E-state index < -0.39 is 24.0 Å². The van der Waals surface area contributed by atoms with Crippen molar-refractivity contribution in [3.8, 4) is 6.07 Å². The molecule has 7 nitrogen and oxygen atoms in total. The summed E-state index contributed by atoms with van der Waals surface area (Å²) in [5.41, 5.74) is 0.273. The van der Waals surface area contributed by atoms with Crippen LogP contribution in [0.4, 0.5) is 4.79 Å². The molecule has 1 N–H and O–H groups in total. The molecular formula is C14H17N3O4. The van der Waals surface area contributed by atoms with Gasteiger partial charge in [0.25, 0.3) is 0 Å². The van der Waals surface area contributed by atoms with Gasteiger partial charge in [0, 0.05) is 12.6 Å². The van der Waals surface area contributed by atoms with Crippen molar-refractivity contribution in [2.45, 2.75) is 45.1 Å². The van der Waals surface area contributed by atoms with Crippen molar-refractivity contribution in [2.24, 2.45) is 0 Å². The van der Waals surface area contributed by atoms with Crippen LogP contribution in [0.15, 0.2) is 18.3 Å². The number of hydroxylamine groups is 2. The third kappa shape index (κ3) is 3.68. The molecule has 0 spiro atoms. The fraction of sp³-hybridized carbons (Fsp3) is 0.500. The molecule has 7 heteroatoms. The number of ether oxygens (including phenoxy) is 1. The van der Waals surface area contributed by atoms with Gasteiger partial charge in [-0.2, -0.15) is 10.3 Å². The standard InChI is InChI=1S/C14H17N3O4/c1-14(2,3)20-13(19)17-11(6-12(18)21-17)10-5-4-9(7-15)8-16-10/h4-5,8,11-12,18H,6H2,1-3H3/t11-,12?/m0/s1. The van der Waals surface area contributed by atoms with Gasteiger partial charge in [0.05, 0.1) is 11.3 Å². The maximum Gasteiger partial charge on any atom is 0.435 e. The monoisotopic (exact) mass is 291 g/mol. The Hall–Kier alpha value is -2.17. The third-order valence-corrected chi connectivity index (χ3v) is 2.77. The first kappa shape index (κ1) is 15.2. The van der Waals surface area contributed by atoms with E-state index in [0.717, 1.165) is 5.06 Å². The Kier molecular flexibility index (Phi) is 4.11. The second-order valence-corrected chi connectivity index (χ2v) is 5.70. The minimum Gasteiger partial charge on any atom is -0.442 e. The van der Waals surface area contributed by atoms with Gasteiger partial charge in [-0.25, -0.2) is 9.63 Å². The Balaban J connectivity index is 2.20. The second kappa shape index (κ2) is 5.68. The number of nitriles is 1. The van der Waals surface area contributed by atoms with Crippen LogP contribution in [-0.4, -0.2) is 33.1 Å². The van der Waals surface area contributed by atoms with Crippen molar-refractivity contribution in [3.05, 3.63) is 29.6 Å². The highest BCUT2D eigenvalue weighted by Gasteiger charge is 2.40. The lowest BCUT2D eigenvalue weighted by molar-refractivity contribution is -0.207. The average Bonchev–Trinajstić information content (AvgIpc) is 2.79. The van der Waals surface area contributed by atoms with Gasteiger partial charge in [-0.15, -0.1) is 0 Å². The van der Waals surface area contributed by atoms with Gasteiger partial charge in [-0.05, 0) is 32.9 Å².